The van der Waals surface area contributed by atoms with Crippen molar-refractivity contribution >= 4 is 16.2 Å². The fraction of sp³-hybridized carbons (Fsp3) is 0.158. The van der Waals surface area contributed by atoms with Gasteiger partial charge in [0.25, 0.3) is 10.0 Å². The maximum absolute atomic E-state index is 12.5. The molecule has 27 heavy (non-hydrogen) atoms. The molecular weight excluding hydrogens is 364 g/mol. The number of rotatable bonds is 6. The molecule has 0 bridgehead atoms. The SMILES string of the molecule is COc1ccc(-c2[nH]ncc2/C=N/NS(=O)(=O)c2ccc(C)cc2C)cc1. The van der Waals surface area contributed by atoms with Crippen LogP contribution < -0.4 is 9.57 Å². The molecule has 2 aromatic carbocycles. The van der Waals surface area contributed by atoms with E-state index in [-0.39, 0.29) is 4.90 Å². The summed E-state index contributed by atoms with van der Waals surface area (Å²) in [5.74, 6) is 0.745. The number of benzene rings is 2. The lowest BCUT2D eigenvalue weighted by Crippen LogP contribution is -2.19. The summed E-state index contributed by atoms with van der Waals surface area (Å²) in [4.78, 5) is 2.45. The number of nitrogens with one attached hydrogen (secondary N) is 2. The molecule has 3 rings (SSSR count). The Balaban J connectivity index is 1.80. The van der Waals surface area contributed by atoms with Crippen LogP contribution in [0.15, 0.2) is 58.7 Å². The summed E-state index contributed by atoms with van der Waals surface area (Å²) in [6.45, 7) is 3.66. The highest BCUT2D eigenvalue weighted by Gasteiger charge is 2.15. The molecule has 0 aliphatic rings. The number of aromatic nitrogens is 2. The van der Waals surface area contributed by atoms with Gasteiger partial charge in [-0.15, -0.1) is 0 Å². The maximum Gasteiger partial charge on any atom is 0.276 e. The van der Waals surface area contributed by atoms with Crippen LogP contribution in [0.25, 0.3) is 11.3 Å². The molecule has 2 N–H and O–H groups in total. The van der Waals surface area contributed by atoms with E-state index in [9.17, 15) is 8.42 Å². The predicted molar refractivity (Wildman–Crippen MR) is 104 cm³/mol. The minimum atomic E-state index is -3.74. The Morgan fingerprint density at radius 3 is 2.56 bits per heavy atom. The molecule has 0 fully saturated rings. The van der Waals surface area contributed by atoms with Crippen LogP contribution in [0.2, 0.25) is 0 Å². The second-order valence-electron chi connectivity index (χ2n) is 6.05. The van der Waals surface area contributed by atoms with Gasteiger partial charge in [-0.25, -0.2) is 4.83 Å². The molecule has 0 radical (unpaired) electrons. The molecular formula is C19H20N4O3S. The monoisotopic (exact) mass is 384 g/mol. The number of aryl methyl sites for hydroxylation is 2. The topological polar surface area (TPSA) is 96.4 Å². The van der Waals surface area contributed by atoms with Gasteiger partial charge in [0.15, 0.2) is 0 Å². The van der Waals surface area contributed by atoms with Gasteiger partial charge in [-0.1, -0.05) is 17.7 Å². The average Bonchev–Trinajstić information content (AvgIpc) is 3.10. The lowest BCUT2D eigenvalue weighted by Gasteiger charge is -2.07. The van der Waals surface area contributed by atoms with Crippen molar-refractivity contribution in [3.05, 3.63) is 65.4 Å². The molecule has 1 aromatic heterocycles. The Morgan fingerprint density at radius 1 is 1.15 bits per heavy atom. The van der Waals surface area contributed by atoms with Crippen LogP contribution in [-0.4, -0.2) is 31.9 Å². The van der Waals surface area contributed by atoms with Gasteiger partial charge in [-0.3, -0.25) is 5.10 Å². The number of sulfonamides is 1. The van der Waals surface area contributed by atoms with Gasteiger partial charge in [0, 0.05) is 11.1 Å². The Labute approximate surface area is 158 Å². The standard InChI is InChI=1S/C19H20N4O3S/c1-13-4-9-18(14(2)10-13)27(24,25)23-21-12-16-11-20-22-19(16)15-5-7-17(26-3)8-6-15/h4-12,23H,1-3H3,(H,20,22)/b21-12+. The number of nitrogens with zero attached hydrogens (tertiary/aromatic N) is 2. The van der Waals surface area contributed by atoms with Crippen molar-refractivity contribution in [3.8, 4) is 17.0 Å². The van der Waals surface area contributed by atoms with Gasteiger partial charge < -0.3 is 4.74 Å². The fourth-order valence-electron chi connectivity index (χ4n) is 2.70. The highest BCUT2D eigenvalue weighted by molar-refractivity contribution is 7.89. The van der Waals surface area contributed by atoms with Crippen molar-refractivity contribution < 1.29 is 13.2 Å². The second kappa shape index (κ2) is 7.63. The first-order chi connectivity index (χ1) is 12.9. The van der Waals surface area contributed by atoms with E-state index in [1.54, 1.807) is 32.4 Å². The molecule has 7 nitrogen and oxygen atoms in total. The smallest absolute Gasteiger partial charge is 0.276 e. The number of ether oxygens (including phenoxy) is 1. The average molecular weight is 384 g/mol. The van der Waals surface area contributed by atoms with Gasteiger partial charge >= 0.3 is 0 Å². The molecule has 0 spiro atoms. The van der Waals surface area contributed by atoms with Gasteiger partial charge in [-0.2, -0.15) is 18.6 Å². The molecule has 0 aliphatic carbocycles. The molecule has 8 heteroatoms. The first kappa shape index (κ1) is 18.7. The van der Waals surface area contributed by atoms with Crippen molar-refractivity contribution in [2.75, 3.05) is 7.11 Å². The van der Waals surface area contributed by atoms with Crippen LogP contribution in [0.5, 0.6) is 5.75 Å². The zero-order valence-corrected chi connectivity index (χ0v) is 16.0. The highest BCUT2D eigenvalue weighted by Crippen LogP contribution is 2.23. The molecule has 0 saturated heterocycles. The first-order valence-corrected chi connectivity index (χ1v) is 9.69. The van der Waals surface area contributed by atoms with Crippen LogP contribution in [0, 0.1) is 13.8 Å². The van der Waals surface area contributed by atoms with E-state index in [1.807, 2.05) is 37.3 Å². The fourth-order valence-corrected chi connectivity index (χ4v) is 3.72. The summed E-state index contributed by atoms with van der Waals surface area (Å²) in [5.41, 5.74) is 3.93. The predicted octanol–water partition coefficient (Wildman–Crippen LogP) is 3.01. The molecule has 0 saturated carbocycles. The van der Waals surface area contributed by atoms with Crippen LogP contribution in [0.3, 0.4) is 0 Å². The van der Waals surface area contributed by atoms with Crippen molar-refractivity contribution in [1.29, 1.82) is 0 Å². The highest BCUT2D eigenvalue weighted by atomic mass is 32.2. The van der Waals surface area contributed by atoms with E-state index in [0.29, 0.717) is 11.1 Å². The van der Waals surface area contributed by atoms with Gasteiger partial charge in [0.05, 0.1) is 30.1 Å². The largest absolute Gasteiger partial charge is 0.497 e. The summed E-state index contributed by atoms with van der Waals surface area (Å²) in [5, 5.41) is 10.8. The Hall–Kier alpha value is -3.13. The number of aromatic amines is 1. The van der Waals surface area contributed by atoms with E-state index in [2.05, 4.69) is 20.1 Å². The number of hydrazone groups is 1. The van der Waals surface area contributed by atoms with Crippen molar-refractivity contribution in [2.24, 2.45) is 5.10 Å². The Morgan fingerprint density at radius 2 is 1.89 bits per heavy atom. The van der Waals surface area contributed by atoms with E-state index in [1.165, 1.54) is 6.21 Å². The summed E-state index contributed by atoms with van der Waals surface area (Å²) in [6, 6.07) is 12.6. The number of hydrogen-bond donors (Lipinski definition) is 2. The first-order valence-electron chi connectivity index (χ1n) is 8.20. The Kier molecular flexibility index (Phi) is 5.27. The molecule has 140 valence electrons. The Bertz CT molecular complexity index is 1070. The lowest BCUT2D eigenvalue weighted by atomic mass is 10.1. The van der Waals surface area contributed by atoms with Crippen molar-refractivity contribution in [2.45, 2.75) is 18.7 Å². The molecule has 1 heterocycles. The van der Waals surface area contributed by atoms with Crippen molar-refractivity contribution in [1.82, 2.24) is 15.0 Å². The minimum Gasteiger partial charge on any atom is -0.497 e. The molecule has 0 amide bonds. The van der Waals surface area contributed by atoms with E-state index < -0.39 is 10.0 Å². The summed E-state index contributed by atoms with van der Waals surface area (Å²) in [7, 11) is -2.14. The summed E-state index contributed by atoms with van der Waals surface area (Å²) in [6.07, 6.45) is 3.00. The quantitative estimate of drug-likeness (QED) is 0.504. The van der Waals surface area contributed by atoms with E-state index >= 15 is 0 Å². The summed E-state index contributed by atoms with van der Waals surface area (Å²) >= 11 is 0. The van der Waals surface area contributed by atoms with E-state index in [0.717, 1.165) is 22.6 Å². The maximum atomic E-state index is 12.5. The molecule has 0 aliphatic heterocycles. The number of methoxy groups -OCH3 is 1. The molecule has 0 atom stereocenters. The van der Waals surface area contributed by atoms with Gasteiger partial charge in [0.2, 0.25) is 0 Å². The molecule has 0 unspecified atom stereocenters. The third-order valence-corrected chi connectivity index (χ3v) is 5.43. The molecule has 3 aromatic rings. The van der Waals surface area contributed by atoms with Gasteiger partial charge in [0.1, 0.15) is 5.75 Å². The minimum absolute atomic E-state index is 0.202. The number of hydrogen-bond acceptors (Lipinski definition) is 5. The van der Waals surface area contributed by atoms with Gasteiger partial charge in [-0.05, 0) is 49.7 Å². The third-order valence-electron chi connectivity index (χ3n) is 4.04. The zero-order valence-electron chi connectivity index (χ0n) is 15.2. The normalized spacial score (nSPS) is 11.7. The zero-order chi connectivity index (χ0) is 19.4. The summed E-state index contributed by atoms with van der Waals surface area (Å²) < 4.78 is 30.1. The van der Waals surface area contributed by atoms with Crippen LogP contribution in [0.4, 0.5) is 0 Å². The lowest BCUT2D eigenvalue weighted by molar-refractivity contribution is 0.415. The van der Waals surface area contributed by atoms with Crippen molar-refractivity contribution in [3.63, 3.8) is 0 Å². The second-order valence-corrected chi connectivity index (χ2v) is 7.68. The number of H-pyrrole nitrogens is 1. The van der Waals surface area contributed by atoms with E-state index in [4.69, 9.17) is 4.74 Å². The van der Waals surface area contributed by atoms with Crippen LogP contribution >= 0.6 is 0 Å². The third kappa shape index (κ3) is 4.17. The van der Waals surface area contributed by atoms with Crippen LogP contribution in [0.1, 0.15) is 16.7 Å². The van der Waals surface area contributed by atoms with Crippen LogP contribution in [-0.2, 0) is 10.0 Å².